The van der Waals surface area contributed by atoms with Crippen LogP contribution in [0.1, 0.15) is 36.9 Å². The first-order chi connectivity index (χ1) is 19.9. The predicted molar refractivity (Wildman–Crippen MR) is 154 cm³/mol. The van der Waals surface area contributed by atoms with E-state index < -0.39 is 17.8 Å². The van der Waals surface area contributed by atoms with Crippen molar-refractivity contribution in [2.45, 2.75) is 43.6 Å². The van der Waals surface area contributed by atoms with Gasteiger partial charge in [-0.05, 0) is 61.9 Å². The van der Waals surface area contributed by atoms with Crippen molar-refractivity contribution in [3.05, 3.63) is 65.1 Å². The molecule has 1 fully saturated rings. The summed E-state index contributed by atoms with van der Waals surface area (Å²) in [5, 5.41) is 23.5. The summed E-state index contributed by atoms with van der Waals surface area (Å²) in [6, 6.07) is 6.03. The molecule has 11 nitrogen and oxygen atoms in total. The molecule has 12 heteroatoms. The number of rotatable bonds is 6. The number of nitrogens with zero attached hydrogens (tertiary/aromatic N) is 5. The molecule has 4 heterocycles. The largest absolute Gasteiger partial charge is 0.480 e. The van der Waals surface area contributed by atoms with Gasteiger partial charge in [-0.25, -0.2) is 9.37 Å². The fourth-order valence-corrected chi connectivity index (χ4v) is 6.37. The van der Waals surface area contributed by atoms with Gasteiger partial charge in [0.05, 0.1) is 17.1 Å². The SMILES string of the molecule is Nc1nc(Nc2ccc(N3CCNC(C(=O)O)C3)c(F)c2)nn1-c1cc(C23C=CC(=CC2)CC3)c2c(n1)CCCN2. The van der Waals surface area contributed by atoms with Crippen molar-refractivity contribution in [1.29, 1.82) is 0 Å². The first kappa shape index (κ1) is 25.5. The van der Waals surface area contributed by atoms with Gasteiger partial charge in [-0.15, -0.1) is 5.10 Å². The Balaban J connectivity index is 1.16. The lowest BCUT2D eigenvalue weighted by Crippen LogP contribution is -2.54. The van der Waals surface area contributed by atoms with Gasteiger partial charge in [0.25, 0.3) is 0 Å². The van der Waals surface area contributed by atoms with Crippen LogP contribution in [0, 0.1) is 5.82 Å². The highest BCUT2D eigenvalue weighted by Crippen LogP contribution is 2.48. The molecule has 0 radical (unpaired) electrons. The van der Waals surface area contributed by atoms with Gasteiger partial charge >= 0.3 is 5.97 Å². The molecule has 2 unspecified atom stereocenters. The average Bonchev–Trinajstić information content (AvgIpc) is 3.37. The van der Waals surface area contributed by atoms with Gasteiger partial charge in [0.2, 0.25) is 11.9 Å². The predicted octanol–water partition coefficient (Wildman–Crippen LogP) is 3.27. The molecule has 1 aromatic carbocycles. The number of nitrogens with two attached hydrogens (primary N) is 1. The molecule has 2 atom stereocenters. The van der Waals surface area contributed by atoms with E-state index >= 15 is 4.39 Å². The first-order valence-corrected chi connectivity index (χ1v) is 14.1. The van der Waals surface area contributed by atoms with Crippen LogP contribution in [-0.4, -0.2) is 63.0 Å². The Morgan fingerprint density at radius 3 is 2.88 bits per heavy atom. The zero-order valence-corrected chi connectivity index (χ0v) is 22.5. The number of piperazine rings is 1. The van der Waals surface area contributed by atoms with E-state index in [-0.39, 0.29) is 23.9 Å². The molecule has 2 bridgehead atoms. The second-order valence-electron chi connectivity index (χ2n) is 11.1. The number of benzene rings is 1. The van der Waals surface area contributed by atoms with Crippen LogP contribution in [0.5, 0.6) is 0 Å². The Bertz CT molecular complexity index is 1600. The number of carboxylic acids is 1. The van der Waals surface area contributed by atoms with E-state index in [4.69, 9.17) is 10.7 Å². The number of aryl methyl sites for hydroxylation is 1. The summed E-state index contributed by atoms with van der Waals surface area (Å²) >= 11 is 0. The fourth-order valence-electron chi connectivity index (χ4n) is 6.37. The van der Waals surface area contributed by atoms with Gasteiger partial charge in [0.15, 0.2) is 5.82 Å². The molecular formula is C29H32FN9O2. The van der Waals surface area contributed by atoms with Crippen LogP contribution < -0.4 is 26.6 Å². The van der Waals surface area contributed by atoms with Crippen molar-refractivity contribution >= 4 is 34.9 Å². The zero-order chi connectivity index (χ0) is 28.1. The topological polar surface area (TPSA) is 146 Å². The fraction of sp³-hybridized carbons (Fsp3) is 0.379. The third-order valence-corrected chi connectivity index (χ3v) is 8.58. The highest BCUT2D eigenvalue weighted by atomic mass is 19.1. The molecule has 41 heavy (non-hydrogen) atoms. The van der Waals surface area contributed by atoms with Gasteiger partial charge in [0.1, 0.15) is 11.9 Å². The van der Waals surface area contributed by atoms with E-state index in [0.717, 1.165) is 50.0 Å². The third-order valence-electron chi connectivity index (χ3n) is 8.58. The molecule has 3 aliphatic carbocycles. The van der Waals surface area contributed by atoms with Crippen molar-refractivity contribution in [3.63, 3.8) is 0 Å². The van der Waals surface area contributed by atoms with E-state index in [0.29, 0.717) is 30.3 Å². The highest BCUT2D eigenvalue weighted by Gasteiger charge is 2.38. The average molecular weight is 558 g/mol. The van der Waals surface area contributed by atoms with E-state index in [9.17, 15) is 9.90 Å². The number of aliphatic carboxylic acids is 1. The molecule has 6 N–H and O–H groups in total. The Morgan fingerprint density at radius 2 is 2.12 bits per heavy atom. The molecule has 2 aromatic heterocycles. The minimum Gasteiger partial charge on any atom is -0.480 e. The van der Waals surface area contributed by atoms with Crippen LogP contribution in [0.3, 0.4) is 0 Å². The standard InChI is InChI=1S/C29H32FN9O2/c30-20-14-18(3-4-23(20)38-13-12-32-22(16-38)26(40)41)34-28-36-27(31)39(37-28)24-15-19(25-21(35-24)2-1-11-33-25)29-8-5-17(6-9-29)7-10-29/h3-6,8,14-15,22,32-33H,1-2,7,9-13,16H2,(H,40,41)(H3,31,34,36,37). The van der Waals surface area contributed by atoms with Gasteiger partial charge in [-0.1, -0.05) is 23.8 Å². The van der Waals surface area contributed by atoms with Crippen molar-refractivity contribution in [2.24, 2.45) is 0 Å². The number of carbonyl (C=O) groups is 1. The van der Waals surface area contributed by atoms with Crippen LogP contribution in [0.25, 0.3) is 5.82 Å². The molecule has 0 amide bonds. The monoisotopic (exact) mass is 557 g/mol. The molecule has 0 saturated carbocycles. The number of allylic oxidation sites excluding steroid dienone is 4. The van der Waals surface area contributed by atoms with Gasteiger partial charge in [-0.2, -0.15) is 9.67 Å². The maximum absolute atomic E-state index is 15.1. The van der Waals surface area contributed by atoms with Gasteiger partial charge in [0, 0.05) is 37.3 Å². The van der Waals surface area contributed by atoms with E-state index in [1.807, 2.05) is 0 Å². The number of nitrogen functional groups attached to an aromatic ring is 1. The summed E-state index contributed by atoms with van der Waals surface area (Å²) in [5.41, 5.74) is 11.8. The van der Waals surface area contributed by atoms with E-state index in [2.05, 4.69) is 50.3 Å². The summed E-state index contributed by atoms with van der Waals surface area (Å²) in [6.45, 7) is 2.07. The minimum atomic E-state index is -0.955. The maximum atomic E-state index is 15.1. The number of aromatic nitrogens is 4. The molecule has 0 spiro atoms. The summed E-state index contributed by atoms with van der Waals surface area (Å²) in [6.07, 6.45) is 11.9. The van der Waals surface area contributed by atoms with Crippen LogP contribution in [0.15, 0.2) is 48.1 Å². The van der Waals surface area contributed by atoms with E-state index in [1.54, 1.807) is 17.0 Å². The molecule has 5 aliphatic rings. The van der Waals surface area contributed by atoms with Crippen LogP contribution in [0.4, 0.5) is 33.3 Å². The van der Waals surface area contributed by atoms with Crippen molar-refractivity contribution in [2.75, 3.05) is 47.4 Å². The zero-order valence-electron chi connectivity index (χ0n) is 22.5. The van der Waals surface area contributed by atoms with Gasteiger partial charge < -0.3 is 31.7 Å². The second kappa shape index (κ2) is 9.88. The quantitative estimate of drug-likeness (QED) is 0.306. The van der Waals surface area contributed by atoms with Crippen LogP contribution in [-0.2, 0) is 16.6 Å². The van der Waals surface area contributed by atoms with Crippen molar-refractivity contribution < 1.29 is 14.3 Å². The molecule has 2 aliphatic heterocycles. The number of anilines is 5. The summed E-state index contributed by atoms with van der Waals surface area (Å²) < 4.78 is 16.7. The number of fused-ring (bicyclic) bond motifs is 3. The second-order valence-corrected chi connectivity index (χ2v) is 11.1. The Kier molecular flexibility index (Phi) is 6.15. The Morgan fingerprint density at radius 1 is 1.22 bits per heavy atom. The highest BCUT2D eigenvalue weighted by molar-refractivity contribution is 5.75. The normalized spacial score (nSPS) is 23.1. The number of hydrogen-bond acceptors (Lipinski definition) is 9. The Hall–Kier alpha value is -4.45. The van der Waals surface area contributed by atoms with Crippen LogP contribution >= 0.6 is 0 Å². The Labute approximate surface area is 236 Å². The lowest BCUT2D eigenvalue weighted by Gasteiger charge is -2.40. The smallest absolute Gasteiger partial charge is 0.322 e. The van der Waals surface area contributed by atoms with Crippen molar-refractivity contribution in [1.82, 2.24) is 25.1 Å². The van der Waals surface area contributed by atoms with Crippen molar-refractivity contribution in [3.8, 4) is 5.82 Å². The first-order valence-electron chi connectivity index (χ1n) is 14.1. The molecule has 212 valence electrons. The summed E-state index contributed by atoms with van der Waals surface area (Å²) in [5.74, 6) is -0.412. The van der Waals surface area contributed by atoms with E-state index in [1.165, 1.54) is 21.9 Å². The number of pyridine rings is 1. The lowest BCUT2D eigenvalue weighted by atomic mass is 9.65. The maximum Gasteiger partial charge on any atom is 0.322 e. The lowest BCUT2D eigenvalue weighted by molar-refractivity contribution is -0.139. The number of carboxylic acid groups (broad SMARTS) is 1. The summed E-state index contributed by atoms with van der Waals surface area (Å²) in [7, 11) is 0. The summed E-state index contributed by atoms with van der Waals surface area (Å²) in [4.78, 5) is 22.4. The third kappa shape index (κ3) is 4.57. The number of halogens is 1. The minimum absolute atomic E-state index is 0.0849. The molecule has 3 aromatic rings. The number of hydrogen-bond donors (Lipinski definition) is 5. The molecule has 1 saturated heterocycles. The molecule has 8 rings (SSSR count). The number of nitrogens with one attached hydrogen (secondary N) is 3. The van der Waals surface area contributed by atoms with Crippen LogP contribution in [0.2, 0.25) is 0 Å². The van der Waals surface area contributed by atoms with Gasteiger partial charge in [-0.3, -0.25) is 4.79 Å². The molecular weight excluding hydrogens is 525 g/mol.